The van der Waals surface area contributed by atoms with Gasteiger partial charge >= 0.3 is 21.1 Å². The van der Waals surface area contributed by atoms with Gasteiger partial charge in [0, 0.05) is 34.0 Å². The van der Waals surface area contributed by atoms with Crippen LogP contribution in [0.15, 0.2) is 204 Å². The molecule has 0 radical (unpaired) electrons. The second kappa shape index (κ2) is 14.7. The number of hydrogen-bond donors (Lipinski definition) is 0. The Balaban J connectivity index is 0.00000408. The number of hydrogen-bond acceptors (Lipinski definition) is 5. The number of nitrogens with zero attached hydrogens (tertiary/aromatic N) is 6. The maximum absolute atomic E-state index is 4.83. The Morgan fingerprint density at radius 1 is 0.450 bits per heavy atom. The summed E-state index contributed by atoms with van der Waals surface area (Å²) in [6.07, 6.45) is 3.70. The van der Waals surface area contributed by atoms with E-state index in [1.807, 2.05) is 36.7 Å². The summed E-state index contributed by atoms with van der Waals surface area (Å²) >= 11 is 1.80. The Hall–Kier alpha value is -6.92. The summed E-state index contributed by atoms with van der Waals surface area (Å²) < 4.78 is 4.45. The topological polar surface area (TPSA) is 42.1 Å². The van der Waals surface area contributed by atoms with E-state index in [0.29, 0.717) is 0 Å². The summed E-state index contributed by atoms with van der Waals surface area (Å²) in [5.74, 6) is 1.68. The Labute approximate surface area is 365 Å². The van der Waals surface area contributed by atoms with Crippen molar-refractivity contribution in [3.63, 3.8) is 0 Å². The number of anilines is 6. The van der Waals surface area contributed by atoms with E-state index in [1.165, 1.54) is 4.90 Å². The van der Waals surface area contributed by atoms with Gasteiger partial charge in [0.15, 0.2) is 0 Å². The van der Waals surface area contributed by atoms with Crippen molar-refractivity contribution in [2.45, 2.75) is 9.79 Å². The van der Waals surface area contributed by atoms with Crippen LogP contribution in [0.25, 0.3) is 55.2 Å². The molecular weight excluding hydrogens is 936 g/mol. The van der Waals surface area contributed by atoms with Crippen LogP contribution in [0.4, 0.5) is 34.1 Å². The van der Waals surface area contributed by atoms with Crippen LogP contribution in [0.3, 0.4) is 0 Å². The Bertz CT molecular complexity index is 3230. The Morgan fingerprint density at radius 3 is 1.58 bits per heavy atom. The van der Waals surface area contributed by atoms with Gasteiger partial charge in [-0.15, -0.1) is 35.0 Å². The molecule has 8 heteroatoms. The van der Waals surface area contributed by atoms with Crippen molar-refractivity contribution in [1.82, 2.24) is 19.1 Å². The average Bonchev–Trinajstić information content (AvgIpc) is 3.81. The van der Waals surface area contributed by atoms with Gasteiger partial charge < -0.3 is 18.9 Å². The molecule has 0 saturated carbocycles. The zero-order chi connectivity index (χ0) is 38.9. The predicted octanol–water partition coefficient (Wildman–Crippen LogP) is 13.7. The molecule has 60 heavy (non-hydrogen) atoms. The van der Waals surface area contributed by atoms with E-state index < -0.39 is 0 Å². The monoisotopic (exact) mass is 967 g/mol. The molecule has 0 spiro atoms. The molecule has 0 unspecified atom stereocenters. The molecule has 7 aromatic carbocycles. The molecule has 6 nitrogen and oxygen atoms in total. The summed E-state index contributed by atoms with van der Waals surface area (Å²) in [6, 6.07) is 71.8. The second-order valence-corrected chi connectivity index (χ2v) is 15.5. The molecule has 5 heterocycles. The number of aromatic nitrogens is 4. The molecule has 0 fully saturated rings. The van der Waals surface area contributed by atoms with Gasteiger partial charge in [0.2, 0.25) is 0 Å². The van der Waals surface area contributed by atoms with Crippen molar-refractivity contribution in [2.75, 3.05) is 9.80 Å². The number of pyridine rings is 2. The fraction of sp³-hybridized carbons (Fsp3) is 0. The summed E-state index contributed by atoms with van der Waals surface area (Å²) in [5.41, 5.74) is 10.2. The Morgan fingerprint density at radius 2 is 0.983 bits per heavy atom. The Kier molecular flexibility index (Phi) is 8.88. The van der Waals surface area contributed by atoms with E-state index in [0.717, 1.165) is 94.3 Å². The summed E-state index contributed by atoms with van der Waals surface area (Å²) in [7, 11) is 0. The van der Waals surface area contributed by atoms with Gasteiger partial charge in [-0.3, -0.25) is 0 Å². The minimum absolute atomic E-state index is 0. The van der Waals surface area contributed by atoms with Crippen LogP contribution in [-0.2, 0) is 21.1 Å². The SMILES string of the molecule is [Pt+2].[c-]1c(N(c2[c-]c3c(cc2)c2ccccc2n3-c2ccccn2)c2cccc3c2Sc2ccccc2N3c2ccccc2)ccc2c3ccccc3n(-c3ccccn3)c12. The van der Waals surface area contributed by atoms with Crippen molar-refractivity contribution in [3.05, 3.63) is 207 Å². The molecular formula is C52H32N6PtS. The molecule has 4 aromatic heterocycles. The molecule has 0 amide bonds. The average molecular weight is 968 g/mol. The van der Waals surface area contributed by atoms with E-state index in [-0.39, 0.29) is 21.1 Å². The van der Waals surface area contributed by atoms with Gasteiger partial charge in [-0.1, -0.05) is 119 Å². The normalized spacial score (nSPS) is 12.1. The minimum Gasteiger partial charge on any atom is -0.357 e. The van der Waals surface area contributed by atoms with Crippen LogP contribution in [-0.4, -0.2) is 19.1 Å². The van der Waals surface area contributed by atoms with Gasteiger partial charge in [0.05, 0.1) is 22.0 Å². The van der Waals surface area contributed by atoms with Gasteiger partial charge in [-0.25, -0.2) is 9.97 Å². The summed E-state index contributed by atoms with van der Waals surface area (Å²) in [5, 5.41) is 4.52. The van der Waals surface area contributed by atoms with E-state index in [2.05, 4.69) is 189 Å². The first-order valence-corrected chi connectivity index (χ1v) is 20.4. The third-order valence-electron chi connectivity index (χ3n) is 11.2. The maximum atomic E-state index is 4.83. The van der Waals surface area contributed by atoms with Crippen LogP contribution >= 0.6 is 11.8 Å². The first kappa shape index (κ1) is 36.2. The summed E-state index contributed by atoms with van der Waals surface area (Å²) in [6.45, 7) is 0. The molecule has 0 bridgehead atoms. The fourth-order valence-electron chi connectivity index (χ4n) is 8.66. The molecule has 1 aliphatic rings. The molecule has 1 aliphatic heterocycles. The largest absolute Gasteiger partial charge is 2.00 e. The first-order valence-electron chi connectivity index (χ1n) is 19.6. The number of rotatable bonds is 6. The maximum Gasteiger partial charge on any atom is 2.00 e. The molecule has 0 N–H and O–H groups in total. The smallest absolute Gasteiger partial charge is 0.357 e. The van der Waals surface area contributed by atoms with Crippen molar-refractivity contribution in [1.29, 1.82) is 0 Å². The van der Waals surface area contributed by atoms with Crippen molar-refractivity contribution in [3.8, 4) is 11.6 Å². The quantitative estimate of drug-likeness (QED) is 0.155. The molecule has 0 atom stereocenters. The van der Waals surface area contributed by atoms with Gasteiger partial charge in [-0.2, -0.15) is 12.1 Å². The van der Waals surface area contributed by atoms with Crippen molar-refractivity contribution in [2.24, 2.45) is 0 Å². The molecule has 11 aromatic rings. The molecule has 286 valence electrons. The van der Waals surface area contributed by atoms with E-state index in [4.69, 9.17) is 9.97 Å². The van der Waals surface area contributed by atoms with Crippen LogP contribution in [0, 0.1) is 12.1 Å². The first-order chi connectivity index (χ1) is 29.3. The number of benzene rings is 7. The van der Waals surface area contributed by atoms with E-state index >= 15 is 0 Å². The third-order valence-corrected chi connectivity index (χ3v) is 12.4. The zero-order valence-corrected chi connectivity index (χ0v) is 35.0. The van der Waals surface area contributed by atoms with Crippen molar-refractivity contribution >= 4 is 89.5 Å². The number of para-hydroxylation sites is 4. The molecule has 12 rings (SSSR count). The number of fused-ring (bicyclic) bond motifs is 8. The van der Waals surface area contributed by atoms with E-state index in [9.17, 15) is 0 Å². The van der Waals surface area contributed by atoms with Crippen LogP contribution in [0.2, 0.25) is 0 Å². The van der Waals surface area contributed by atoms with Crippen LogP contribution < -0.4 is 9.80 Å². The minimum atomic E-state index is 0. The molecule has 0 aliphatic carbocycles. The van der Waals surface area contributed by atoms with Gasteiger partial charge in [-0.05, 0) is 83.6 Å². The predicted molar refractivity (Wildman–Crippen MR) is 242 cm³/mol. The van der Waals surface area contributed by atoms with Gasteiger partial charge in [0.25, 0.3) is 0 Å². The third kappa shape index (κ3) is 5.69. The van der Waals surface area contributed by atoms with Crippen LogP contribution in [0.5, 0.6) is 0 Å². The van der Waals surface area contributed by atoms with Crippen molar-refractivity contribution < 1.29 is 21.1 Å². The standard InChI is InChI=1S/C52H32N6S.Pt/c1-2-15-35(16-3-1)56-44-21-8-9-24-49(44)59-52-45(22-14-23-46(52)56)55(36-27-29-40-38-17-4-6-19-42(38)57(47(40)33-36)50-25-10-12-31-53-50)37-28-30-41-39-18-5-7-20-43(39)58(48(41)34-37)51-26-11-13-32-54-51;/h1-32H;/q-2;+2. The molecule has 0 saturated heterocycles. The van der Waals surface area contributed by atoms with E-state index in [1.54, 1.807) is 11.8 Å². The zero-order valence-electron chi connectivity index (χ0n) is 31.9. The van der Waals surface area contributed by atoms with Crippen LogP contribution in [0.1, 0.15) is 0 Å². The summed E-state index contributed by atoms with van der Waals surface area (Å²) in [4.78, 5) is 16.7. The second-order valence-electron chi connectivity index (χ2n) is 14.5. The van der Waals surface area contributed by atoms with Gasteiger partial charge in [0.1, 0.15) is 11.6 Å². The fourth-order valence-corrected chi connectivity index (χ4v) is 9.81.